The molecule has 2 rings (SSSR count). The van der Waals surface area contributed by atoms with Crippen LogP contribution in [0.15, 0.2) is 47.7 Å². The van der Waals surface area contributed by atoms with Gasteiger partial charge in [0, 0.05) is 36.8 Å². The number of hydrogen-bond donors (Lipinski definition) is 3. The molecule has 0 unspecified atom stereocenters. The smallest absolute Gasteiger partial charge is 0.265 e. The molecule has 1 aromatic carbocycles. The number of allylic oxidation sites excluding steroid dienone is 2. The first-order valence-corrected chi connectivity index (χ1v) is 8.06. The molecule has 1 amide bonds. The fourth-order valence-electron chi connectivity index (χ4n) is 2.77. The minimum Gasteiger partial charge on any atom is -0.396 e. The summed E-state index contributed by atoms with van der Waals surface area (Å²) >= 11 is 0. The number of aliphatic hydroxyl groups excluding tert-OH is 1. The highest BCUT2D eigenvalue weighted by atomic mass is 16.3. The fraction of sp³-hybridized carbons (Fsp3) is 0.368. The maximum absolute atomic E-state index is 12.4. The predicted octanol–water partition coefficient (Wildman–Crippen LogP) is 2.35. The summed E-state index contributed by atoms with van der Waals surface area (Å²) in [4.78, 5) is 24.1. The molecule has 0 aromatic heterocycles. The Morgan fingerprint density at radius 1 is 1.25 bits per heavy atom. The van der Waals surface area contributed by atoms with Crippen LogP contribution in [0.25, 0.3) is 6.08 Å². The molecule has 3 N–H and O–H groups in total. The average Bonchev–Trinajstić information content (AvgIpc) is 2.51. The second-order valence-electron chi connectivity index (χ2n) is 6.79. The Balaban J connectivity index is 2.04. The molecule has 0 saturated heterocycles. The molecule has 5 nitrogen and oxygen atoms in total. The van der Waals surface area contributed by atoms with Crippen molar-refractivity contribution in [2.24, 2.45) is 5.41 Å². The largest absolute Gasteiger partial charge is 0.396 e. The second kappa shape index (κ2) is 7.93. The molecule has 0 heterocycles. The summed E-state index contributed by atoms with van der Waals surface area (Å²) in [5.74, 6) is -0.261. The van der Waals surface area contributed by atoms with E-state index in [9.17, 15) is 14.7 Å². The Labute approximate surface area is 142 Å². The van der Waals surface area contributed by atoms with Crippen molar-refractivity contribution in [1.82, 2.24) is 10.9 Å². The van der Waals surface area contributed by atoms with Crippen LogP contribution in [0.2, 0.25) is 0 Å². The topological polar surface area (TPSA) is 78.4 Å². The molecule has 0 fully saturated rings. The summed E-state index contributed by atoms with van der Waals surface area (Å²) in [6, 6.07) is 9.46. The van der Waals surface area contributed by atoms with Gasteiger partial charge in [-0.3, -0.25) is 15.0 Å². The quantitative estimate of drug-likeness (QED) is 0.553. The third kappa shape index (κ3) is 5.35. The molecule has 1 aliphatic rings. The molecule has 0 atom stereocenters. The van der Waals surface area contributed by atoms with Gasteiger partial charge in [0.05, 0.1) is 0 Å². The summed E-state index contributed by atoms with van der Waals surface area (Å²) in [5, 5.41) is 9.19. The van der Waals surface area contributed by atoms with Crippen LogP contribution < -0.4 is 10.9 Å². The maximum atomic E-state index is 12.4. The second-order valence-corrected chi connectivity index (χ2v) is 6.79. The molecule has 0 radical (unpaired) electrons. The zero-order valence-corrected chi connectivity index (χ0v) is 14.1. The fourth-order valence-corrected chi connectivity index (χ4v) is 2.77. The van der Waals surface area contributed by atoms with E-state index in [0.29, 0.717) is 24.1 Å². The lowest BCUT2D eigenvalue weighted by atomic mass is 9.79. The van der Waals surface area contributed by atoms with Crippen LogP contribution in [-0.4, -0.2) is 23.4 Å². The summed E-state index contributed by atoms with van der Waals surface area (Å²) in [6.07, 6.45) is 4.74. The maximum Gasteiger partial charge on any atom is 0.265 e. The molecular formula is C19H24N2O3. The van der Waals surface area contributed by atoms with Gasteiger partial charge >= 0.3 is 0 Å². The molecule has 1 aliphatic carbocycles. The van der Waals surface area contributed by atoms with Crippen LogP contribution in [0.1, 0.15) is 38.7 Å². The zero-order chi connectivity index (χ0) is 17.6. The van der Waals surface area contributed by atoms with Gasteiger partial charge in [-0.25, -0.2) is 0 Å². The predicted molar refractivity (Wildman–Crippen MR) is 93.5 cm³/mol. The van der Waals surface area contributed by atoms with E-state index in [0.717, 1.165) is 5.56 Å². The standard InChI is InChI=1S/C19H24N2O3/c1-19(2)12-16(11-17(23)13-19)20-21-18(24)15(8-9-22)10-14-6-4-3-5-7-14/h3-7,10-11,20,22H,8-9,12-13H2,1-2H3,(H,21,24)/b15-10-. The first kappa shape index (κ1) is 17.9. The Kier molecular flexibility index (Phi) is 5.93. The van der Waals surface area contributed by atoms with Crippen molar-refractivity contribution < 1.29 is 14.7 Å². The van der Waals surface area contributed by atoms with Gasteiger partial charge in [0.15, 0.2) is 5.78 Å². The van der Waals surface area contributed by atoms with Gasteiger partial charge < -0.3 is 10.5 Å². The summed E-state index contributed by atoms with van der Waals surface area (Å²) in [7, 11) is 0. The van der Waals surface area contributed by atoms with Crippen LogP contribution in [0.5, 0.6) is 0 Å². The van der Waals surface area contributed by atoms with Gasteiger partial charge in [-0.15, -0.1) is 0 Å². The summed E-state index contributed by atoms with van der Waals surface area (Å²) in [5.41, 5.74) is 7.42. The van der Waals surface area contributed by atoms with E-state index in [2.05, 4.69) is 10.9 Å². The van der Waals surface area contributed by atoms with E-state index in [1.165, 1.54) is 6.08 Å². The van der Waals surface area contributed by atoms with Crippen molar-refractivity contribution in [3.8, 4) is 0 Å². The highest BCUT2D eigenvalue weighted by Crippen LogP contribution is 2.32. The van der Waals surface area contributed by atoms with E-state index in [1.807, 2.05) is 44.2 Å². The minimum atomic E-state index is -0.315. The lowest BCUT2D eigenvalue weighted by Gasteiger charge is -2.29. The lowest BCUT2D eigenvalue weighted by molar-refractivity contribution is -0.119. The normalized spacial score (nSPS) is 17.2. The van der Waals surface area contributed by atoms with Crippen LogP contribution in [0, 0.1) is 5.41 Å². The number of nitrogens with one attached hydrogen (secondary N) is 2. The molecule has 128 valence electrons. The van der Waals surface area contributed by atoms with Crippen molar-refractivity contribution in [3.05, 3.63) is 53.2 Å². The highest BCUT2D eigenvalue weighted by Gasteiger charge is 2.27. The van der Waals surface area contributed by atoms with E-state index in [4.69, 9.17) is 0 Å². The summed E-state index contributed by atoms with van der Waals surface area (Å²) in [6.45, 7) is 3.93. The van der Waals surface area contributed by atoms with Crippen LogP contribution in [0.4, 0.5) is 0 Å². The number of rotatable bonds is 6. The monoisotopic (exact) mass is 328 g/mol. The third-order valence-electron chi connectivity index (χ3n) is 3.81. The molecule has 5 heteroatoms. The molecule has 24 heavy (non-hydrogen) atoms. The van der Waals surface area contributed by atoms with Gasteiger partial charge in [-0.05, 0) is 23.5 Å². The van der Waals surface area contributed by atoms with Crippen molar-refractivity contribution in [1.29, 1.82) is 0 Å². The van der Waals surface area contributed by atoms with E-state index in [-0.39, 0.29) is 30.1 Å². The average molecular weight is 328 g/mol. The van der Waals surface area contributed by atoms with Crippen molar-refractivity contribution in [3.63, 3.8) is 0 Å². The van der Waals surface area contributed by atoms with Crippen LogP contribution in [-0.2, 0) is 9.59 Å². The van der Waals surface area contributed by atoms with Crippen molar-refractivity contribution in [2.45, 2.75) is 33.1 Å². The minimum absolute atomic E-state index is 0.0541. The number of aliphatic hydroxyl groups is 1. The first-order chi connectivity index (χ1) is 11.4. The third-order valence-corrected chi connectivity index (χ3v) is 3.81. The molecule has 0 spiro atoms. The molecule has 0 aliphatic heterocycles. The van der Waals surface area contributed by atoms with Gasteiger partial charge in [0.1, 0.15) is 0 Å². The van der Waals surface area contributed by atoms with E-state index < -0.39 is 0 Å². The van der Waals surface area contributed by atoms with Crippen molar-refractivity contribution in [2.75, 3.05) is 6.61 Å². The number of hydrazine groups is 1. The lowest BCUT2D eigenvalue weighted by Crippen LogP contribution is -2.40. The Morgan fingerprint density at radius 3 is 2.58 bits per heavy atom. The molecule has 0 saturated carbocycles. The zero-order valence-electron chi connectivity index (χ0n) is 14.1. The first-order valence-electron chi connectivity index (χ1n) is 8.06. The number of ketones is 1. The Bertz CT molecular complexity index is 660. The number of hydrogen-bond acceptors (Lipinski definition) is 4. The van der Waals surface area contributed by atoms with E-state index in [1.54, 1.807) is 6.08 Å². The molecular weight excluding hydrogens is 304 g/mol. The van der Waals surface area contributed by atoms with Gasteiger partial charge in [0.25, 0.3) is 5.91 Å². The van der Waals surface area contributed by atoms with E-state index >= 15 is 0 Å². The molecule has 1 aromatic rings. The number of benzene rings is 1. The number of carbonyl (C=O) groups is 2. The highest BCUT2D eigenvalue weighted by molar-refractivity contribution is 5.97. The van der Waals surface area contributed by atoms with Gasteiger partial charge in [-0.1, -0.05) is 44.2 Å². The Morgan fingerprint density at radius 2 is 1.96 bits per heavy atom. The molecule has 0 bridgehead atoms. The number of carbonyl (C=O) groups excluding carboxylic acids is 2. The van der Waals surface area contributed by atoms with Gasteiger partial charge in [-0.2, -0.15) is 0 Å². The van der Waals surface area contributed by atoms with Crippen molar-refractivity contribution >= 4 is 17.8 Å². The van der Waals surface area contributed by atoms with Gasteiger partial charge in [0.2, 0.25) is 0 Å². The van der Waals surface area contributed by atoms with Crippen LogP contribution in [0.3, 0.4) is 0 Å². The number of amides is 1. The summed E-state index contributed by atoms with van der Waals surface area (Å²) < 4.78 is 0. The Hall–Kier alpha value is -2.40. The SMILES string of the molecule is CC1(C)CC(=O)C=C(NNC(=O)/C(=C\c2ccccc2)CCO)C1. The van der Waals surface area contributed by atoms with Crippen LogP contribution >= 0.6 is 0 Å².